The van der Waals surface area contributed by atoms with Crippen LogP contribution in [-0.4, -0.2) is 21.0 Å². The fraction of sp³-hybridized carbons (Fsp3) is 0.348. The van der Waals surface area contributed by atoms with Gasteiger partial charge in [-0.05, 0) is 56.5 Å². The number of esters is 1. The maximum atomic E-state index is 13.0. The molecule has 3 rings (SSSR count). The van der Waals surface area contributed by atoms with Crippen LogP contribution in [0.15, 0.2) is 45.7 Å². The molecule has 2 aromatic carbocycles. The normalized spacial score (nSPS) is 11.7. The summed E-state index contributed by atoms with van der Waals surface area (Å²) in [6.07, 6.45) is 1.43. The number of ether oxygens (including phenoxy) is 1. The number of benzene rings is 2. The molecule has 0 unspecified atom stereocenters. The summed E-state index contributed by atoms with van der Waals surface area (Å²) in [4.78, 5) is 12.8. The summed E-state index contributed by atoms with van der Waals surface area (Å²) in [6.45, 7) is 7.75. The van der Waals surface area contributed by atoms with Gasteiger partial charge in [0.05, 0.1) is 17.3 Å². The van der Waals surface area contributed by atoms with Crippen molar-refractivity contribution in [1.29, 1.82) is 0 Å². The predicted octanol–water partition coefficient (Wildman–Crippen LogP) is 5.15. The van der Waals surface area contributed by atoms with Gasteiger partial charge in [-0.25, -0.2) is 13.2 Å². The third-order valence-corrected chi connectivity index (χ3v) is 6.65. The molecule has 0 aliphatic rings. The van der Waals surface area contributed by atoms with Crippen LogP contribution >= 0.6 is 0 Å². The molecule has 0 saturated carbocycles. The van der Waals surface area contributed by atoms with Gasteiger partial charge in [0, 0.05) is 11.8 Å². The van der Waals surface area contributed by atoms with Gasteiger partial charge >= 0.3 is 5.97 Å². The number of fused-ring (bicyclic) bond motifs is 1. The van der Waals surface area contributed by atoms with Crippen molar-refractivity contribution < 1.29 is 22.4 Å². The first-order chi connectivity index (χ1) is 13.8. The molecule has 0 atom stereocenters. The Labute approximate surface area is 171 Å². The van der Waals surface area contributed by atoms with Crippen LogP contribution in [0, 0.1) is 13.8 Å². The Hall–Kier alpha value is -2.60. The highest BCUT2D eigenvalue weighted by atomic mass is 32.2. The van der Waals surface area contributed by atoms with Gasteiger partial charge in [-0.3, -0.25) is 0 Å². The van der Waals surface area contributed by atoms with Gasteiger partial charge in [0.25, 0.3) is 0 Å². The van der Waals surface area contributed by atoms with E-state index in [1.807, 2.05) is 19.9 Å². The van der Waals surface area contributed by atoms with Gasteiger partial charge in [0.1, 0.15) is 16.9 Å². The molecule has 0 amide bonds. The lowest BCUT2D eigenvalue weighted by Crippen LogP contribution is -2.08. The summed E-state index contributed by atoms with van der Waals surface area (Å²) in [6, 6.07) is 10.5. The monoisotopic (exact) mass is 414 g/mol. The topological polar surface area (TPSA) is 73.6 Å². The standard InChI is InChI=1S/C23H26O5S/c1-5-7-20-22(23(24)27-6-2)18-13-17(9-10-19(18)28-20)14-29(25,26)21-11-8-15(3)12-16(21)4/h8-13H,5-7,14H2,1-4H3. The van der Waals surface area contributed by atoms with Crippen molar-refractivity contribution in [2.75, 3.05) is 6.61 Å². The van der Waals surface area contributed by atoms with E-state index in [2.05, 4.69) is 0 Å². The number of carbonyl (C=O) groups excluding carboxylic acids is 1. The van der Waals surface area contributed by atoms with Crippen molar-refractivity contribution in [3.05, 3.63) is 64.4 Å². The van der Waals surface area contributed by atoms with E-state index in [1.165, 1.54) is 0 Å². The van der Waals surface area contributed by atoms with Crippen molar-refractivity contribution >= 4 is 26.8 Å². The Morgan fingerprint density at radius 3 is 2.48 bits per heavy atom. The lowest BCUT2D eigenvalue weighted by Gasteiger charge is -2.09. The molecule has 0 N–H and O–H groups in total. The minimum atomic E-state index is -3.52. The summed E-state index contributed by atoms with van der Waals surface area (Å²) in [5.74, 6) is -0.0111. The van der Waals surface area contributed by atoms with E-state index < -0.39 is 15.8 Å². The summed E-state index contributed by atoms with van der Waals surface area (Å²) in [5.41, 5.74) is 3.31. The zero-order chi connectivity index (χ0) is 21.2. The molecule has 0 saturated heterocycles. The van der Waals surface area contributed by atoms with Crippen LogP contribution in [0.1, 0.15) is 53.1 Å². The molecular formula is C23H26O5S. The maximum Gasteiger partial charge on any atom is 0.342 e. The summed E-state index contributed by atoms with van der Waals surface area (Å²) < 4.78 is 37.0. The highest BCUT2D eigenvalue weighted by Crippen LogP contribution is 2.30. The van der Waals surface area contributed by atoms with Gasteiger partial charge in [-0.1, -0.05) is 30.7 Å². The lowest BCUT2D eigenvalue weighted by molar-refractivity contribution is 0.0526. The summed E-state index contributed by atoms with van der Waals surface area (Å²) >= 11 is 0. The summed E-state index contributed by atoms with van der Waals surface area (Å²) in [7, 11) is -3.52. The molecule has 0 fully saturated rings. The maximum absolute atomic E-state index is 13.0. The van der Waals surface area contributed by atoms with E-state index in [9.17, 15) is 13.2 Å². The second kappa shape index (κ2) is 8.41. The molecule has 0 bridgehead atoms. The van der Waals surface area contributed by atoms with Gasteiger partial charge in [0.2, 0.25) is 0 Å². The average molecular weight is 415 g/mol. The molecule has 29 heavy (non-hydrogen) atoms. The van der Waals surface area contributed by atoms with E-state index in [-0.39, 0.29) is 12.4 Å². The Kier molecular flexibility index (Phi) is 6.13. The highest BCUT2D eigenvalue weighted by molar-refractivity contribution is 7.90. The molecule has 5 nitrogen and oxygen atoms in total. The first-order valence-corrected chi connectivity index (χ1v) is 11.4. The van der Waals surface area contributed by atoms with Crippen molar-refractivity contribution in [2.24, 2.45) is 0 Å². The Bertz CT molecular complexity index is 1160. The zero-order valence-electron chi connectivity index (χ0n) is 17.2. The number of aryl methyl sites for hydroxylation is 3. The molecule has 3 aromatic rings. The van der Waals surface area contributed by atoms with E-state index in [4.69, 9.17) is 9.15 Å². The third-order valence-electron chi connectivity index (χ3n) is 4.80. The van der Waals surface area contributed by atoms with Gasteiger partial charge in [-0.15, -0.1) is 0 Å². The van der Waals surface area contributed by atoms with E-state index in [0.717, 1.165) is 17.5 Å². The number of hydrogen-bond acceptors (Lipinski definition) is 5. The Morgan fingerprint density at radius 1 is 1.07 bits per heavy atom. The van der Waals surface area contributed by atoms with Crippen LogP contribution in [0.25, 0.3) is 11.0 Å². The smallest absolute Gasteiger partial charge is 0.342 e. The second-order valence-corrected chi connectivity index (χ2v) is 9.19. The lowest BCUT2D eigenvalue weighted by atomic mass is 10.1. The van der Waals surface area contributed by atoms with Crippen LogP contribution in [0.5, 0.6) is 0 Å². The molecule has 0 aliphatic carbocycles. The van der Waals surface area contributed by atoms with Crippen molar-refractivity contribution in [3.63, 3.8) is 0 Å². The fourth-order valence-corrected chi connectivity index (χ4v) is 5.16. The molecule has 6 heteroatoms. The van der Waals surface area contributed by atoms with Crippen molar-refractivity contribution in [3.8, 4) is 0 Å². The van der Waals surface area contributed by atoms with Crippen LogP contribution < -0.4 is 0 Å². The van der Waals surface area contributed by atoms with Crippen molar-refractivity contribution in [2.45, 2.75) is 51.2 Å². The van der Waals surface area contributed by atoms with Crippen LogP contribution in [-0.2, 0) is 26.7 Å². The third kappa shape index (κ3) is 4.37. The SMILES string of the molecule is CCCc1oc2ccc(CS(=O)(=O)c3ccc(C)cc3C)cc2c1C(=O)OCC. The Balaban J connectivity index is 2.04. The quantitative estimate of drug-likeness (QED) is 0.500. The molecule has 0 aliphatic heterocycles. The van der Waals surface area contributed by atoms with Gasteiger partial charge in [0.15, 0.2) is 9.84 Å². The molecule has 1 heterocycles. The molecule has 0 spiro atoms. The zero-order valence-corrected chi connectivity index (χ0v) is 18.1. The van der Waals surface area contributed by atoms with E-state index in [0.29, 0.717) is 39.2 Å². The van der Waals surface area contributed by atoms with Gasteiger partial charge in [-0.2, -0.15) is 0 Å². The second-order valence-electron chi connectivity index (χ2n) is 7.23. The largest absolute Gasteiger partial charge is 0.462 e. The van der Waals surface area contributed by atoms with Gasteiger partial charge < -0.3 is 9.15 Å². The number of carbonyl (C=O) groups is 1. The average Bonchev–Trinajstić information content (AvgIpc) is 2.99. The highest BCUT2D eigenvalue weighted by Gasteiger charge is 2.23. The summed E-state index contributed by atoms with van der Waals surface area (Å²) in [5, 5.41) is 0.597. The number of hydrogen-bond donors (Lipinski definition) is 0. The van der Waals surface area contributed by atoms with Crippen LogP contribution in [0.2, 0.25) is 0 Å². The van der Waals surface area contributed by atoms with Crippen molar-refractivity contribution in [1.82, 2.24) is 0 Å². The first kappa shape index (κ1) is 21.1. The molecule has 0 radical (unpaired) electrons. The van der Waals surface area contributed by atoms with E-state index >= 15 is 0 Å². The molecular weight excluding hydrogens is 388 g/mol. The fourth-order valence-electron chi connectivity index (χ4n) is 3.56. The number of rotatable bonds is 7. The first-order valence-electron chi connectivity index (χ1n) is 9.78. The minimum Gasteiger partial charge on any atom is -0.462 e. The van der Waals surface area contributed by atoms with E-state index in [1.54, 1.807) is 44.2 Å². The number of sulfone groups is 1. The number of furan rings is 1. The molecule has 1 aromatic heterocycles. The van der Waals surface area contributed by atoms with Crippen LogP contribution in [0.3, 0.4) is 0 Å². The predicted molar refractivity (Wildman–Crippen MR) is 113 cm³/mol. The Morgan fingerprint density at radius 2 is 1.83 bits per heavy atom. The molecule has 154 valence electrons. The van der Waals surface area contributed by atoms with Crippen LogP contribution in [0.4, 0.5) is 0 Å². The minimum absolute atomic E-state index is 0.149.